The number of carboxylic acid groups (broad SMARTS) is 1. The van der Waals surface area contributed by atoms with Gasteiger partial charge in [0.15, 0.2) is 0 Å². The average molecular weight is 280 g/mol. The number of aromatic carboxylic acids is 1. The van der Waals surface area contributed by atoms with Crippen molar-refractivity contribution in [3.63, 3.8) is 0 Å². The maximum absolute atomic E-state index is 12.8. The molecule has 3 nitrogen and oxygen atoms in total. The van der Waals surface area contributed by atoms with Crippen LogP contribution in [-0.2, 0) is 12.0 Å². The van der Waals surface area contributed by atoms with Gasteiger partial charge >= 0.3 is 5.97 Å². The van der Waals surface area contributed by atoms with Crippen molar-refractivity contribution in [2.75, 3.05) is 0 Å². The van der Waals surface area contributed by atoms with Gasteiger partial charge in [-0.3, -0.25) is 0 Å². The van der Waals surface area contributed by atoms with E-state index in [1.807, 2.05) is 0 Å². The zero-order chi connectivity index (χ0) is 14.0. The fourth-order valence-electron chi connectivity index (χ4n) is 1.97. The number of thiophene rings is 1. The van der Waals surface area contributed by atoms with Crippen LogP contribution in [0.3, 0.4) is 0 Å². The SMILES string of the molecule is CC(O)(Cc1ccc(F)cc1)c1sccc1C(=O)O. The zero-order valence-corrected chi connectivity index (χ0v) is 11.1. The van der Waals surface area contributed by atoms with Crippen molar-refractivity contribution in [2.24, 2.45) is 0 Å². The van der Waals surface area contributed by atoms with Gasteiger partial charge in [0, 0.05) is 6.42 Å². The number of carbonyl (C=O) groups is 1. The summed E-state index contributed by atoms with van der Waals surface area (Å²) in [7, 11) is 0. The Hall–Kier alpha value is -1.72. The Bertz CT molecular complexity index is 587. The average Bonchev–Trinajstić information content (AvgIpc) is 2.82. The molecule has 2 aromatic rings. The number of rotatable bonds is 4. The van der Waals surface area contributed by atoms with Crippen LogP contribution in [0.15, 0.2) is 35.7 Å². The maximum atomic E-state index is 12.8. The second kappa shape index (κ2) is 5.11. The molecule has 0 aliphatic heterocycles. The maximum Gasteiger partial charge on any atom is 0.336 e. The molecular formula is C14H13FO3S. The van der Waals surface area contributed by atoms with E-state index in [1.165, 1.54) is 29.5 Å². The van der Waals surface area contributed by atoms with Crippen molar-refractivity contribution in [1.29, 1.82) is 0 Å². The van der Waals surface area contributed by atoms with Gasteiger partial charge in [0.2, 0.25) is 0 Å². The summed E-state index contributed by atoms with van der Waals surface area (Å²) in [4.78, 5) is 11.5. The van der Waals surface area contributed by atoms with Crippen molar-refractivity contribution in [3.8, 4) is 0 Å². The fraction of sp³-hybridized carbons (Fsp3) is 0.214. The van der Waals surface area contributed by atoms with Crippen LogP contribution >= 0.6 is 11.3 Å². The van der Waals surface area contributed by atoms with Crippen LogP contribution in [0.2, 0.25) is 0 Å². The van der Waals surface area contributed by atoms with Gasteiger partial charge in [-0.1, -0.05) is 12.1 Å². The molecule has 0 saturated heterocycles. The molecule has 1 unspecified atom stereocenters. The molecule has 2 N–H and O–H groups in total. The number of hydrogen-bond donors (Lipinski definition) is 2. The van der Waals surface area contributed by atoms with Crippen molar-refractivity contribution in [2.45, 2.75) is 18.9 Å². The third-order valence-electron chi connectivity index (χ3n) is 2.85. The van der Waals surface area contributed by atoms with Crippen molar-refractivity contribution in [3.05, 3.63) is 57.5 Å². The lowest BCUT2D eigenvalue weighted by atomic mass is 9.93. The lowest BCUT2D eigenvalue weighted by Crippen LogP contribution is -2.25. The minimum absolute atomic E-state index is 0.108. The van der Waals surface area contributed by atoms with Crippen molar-refractivity contribution in [1.82, 2.24) is 0 Å². The summed E-state index contributed by atoms with van der Waals surface area (Å²) < 4.78 is 12.8. The molecule has 19 heavy (non-hydrogen) atoms. The highest BCUT2D eigenvalue weighted by Crippen LogP contribution is 2.32. The minimum atomic E-state index is -1.29. The lowest BCUT2D eigenvalue weighted by Gasteiger charge is -2.23. The molecule has 1 aromatic heterocycles. The largest absolute Gasteiger partial charge is 0.478 e. The first kappa shape index (κ1) is 13.7. The first-order chi connectivity index (χ1) is 8.90. The topological polar surface area (TPSA) is 57.5 Å². The second-order valence-electron chi connectivity index (χ2n) is 4.55. The van der Waals surface area contributed by atoms with E-state index in [9.17, 15) is 14.3 Å². The summed E-state index contributed by atoms with van der Waals surface area (Å²) in [6, 6.07) is 7.27. The summed E-state index contributed by atoms with van der Waals surface area (Å²) in [5.41, 5.74) is -0.437. The van der Waals surface area contributed by atoms with Gasteiger partial charge in [0.25, 0.3) is 0 Å². The molecule has 2 rings (SSSR count). The van der Waals surface area contributed by atoms with Crippen LogP contribution in [0.25, 0.3) is 0 Å². The Morgan fingerprint density at radius 2 is 1.95 bits per heavy atom. The highest BCUT2D eigenvalue weighted by molar-refractivity contribution is 7.10. The second-order valence-corrected chi connectivity index (χ2v) is 5.46. The quantitative estimate of drug-likeness (QED) is 0.905. The molecule has 0 bridgehead atoms. The van der Waals surface area contributed by atoms with Gasteiger partial charge < -0.3 is 10.2 Å². The van der Waals surface area contributed by atoms with E-state index in [4.69, 9.17) is 5.11 Å². The van der Waals surface area contributed by atoms with Gasteiger partial charge in [-0.15, -0.1) is 11.3 Å². The Kier molecular flexibility index (Phi) is 3.68. The van der Waals surface area contributed by atoms with E-state index in [2.05, 4.69) is 0 Å². The molecule has 0 spiro atoms. The monoisotopic (exact) mass is 280 g/mol. The first-order valence-electron chi connectivity index (χ1n) is 5.68. The minimum Gasteiger partial charge on any atom is -0.478 e. The molecule has 0 aliphatic rings. The molecule has 0 amide bonds. The van der Waals surface area contributed by atoms with Crippen molar-refractivity contribution >= 4 is 17.3 Å². The summed E-state index contributed by atoms with van der Waals surface area (Å²) in [6.07, 6.45) is 0.230. The highest BCUT2D eigenvalue weighted by Gasteiger charge is 2.30. The molecule has 0 saturated carbocycles. The molecule has 1 atom stereocenters. The van der Waals surface area contributed by atoms with Gasteiger partial charge in [-0.05, 0) is 36.1 Å². The third-order valence-corrected chi connectivity index (χ3v) is 4.01. The normalized spacial score (nSPS) is 14.1. The Balaban J connectivity index is 2.29. The van der Waals surface area contributed by atoms with E-state index >= 15 is 0 Å². The summed E-state index contributed by atoms with van der Waals surface area (Å²) >= 11 is 1.20. The van der Waals surface area contributed by atoms with E-state index in [0.717, 1.165) is 5.56 Å². The molecule has 1 aromatic carbocycles. The standard InChI is InChI=1S/C14H13FO3S/c1-14(18,8-9-2-4-10(15)5-3-9)12-11(13(16)17)6-7-19-12/h2-7,18H,8H2,1H3,(H,16,17). The van der Waals surface area contributed by atoms with Crippen LogP contribution < -0.4 is 0 Å². The molecule has 100 valence electrons. The van der Waals surface area contributed by atoms with Crippen LogP contribution in [0, 0.1) is 5.82 Å². The van der Waals surface area contributed by atoms with Crippen LogP contribution in [0.4, 0.5) is 4.39 Å². The van der Waals surface area contributed by atoms with Crippen LogP contribution in [-0.4, -0.2) is 16.2 Å². The lowest BCUT2D eigenvalue weighted by molar-refractivity contribution is 0.0550. The molecule has 5 heteroatoms. The van der Waals surface area contributed by atoms with E-state index in [0.29, 0.717) is 4.88 Å². The van der Waals surface area contributed by atoms with Gasteiger partial charge in [0.1, 0.15) is 11.4 Å². The fourth-order valence-corrected chi connectivity index (χ4v) is 2.92. The predicted octanol–water partition coefficient (Wildman–Crippen LogP) is 3.04. The van der Waals surface area contributed by atoms with E-state index in [-0.39, 0.29) is 17.8 Å². The van der Waals surface area contributed by atoms with Crippen LogP contribution in [0.1, 0.15) is 27.7 Å². The van der Waals surface area contributed by atoms with Crippen molar-refractivity contribution < 1.29 is 19.4 Å². The Morgan fingerprint density at radius 1 is 1.32 bits per heavy atom. The van der Waals surface area contributed by atoms with E-state index in [1.54, 1.807) is 24.4 Å². The molecular weight excluding hydrogens is 267 g/mol. The Labute approximate surface area is 114 Å². The molecule has 0 fully saturated rings. The third kappa shape index (κ3) is 3.00. The first-order valence-corrected chi connectivity index (χ1v) is 6.56. The number of benzene rings is 1. The van der Waals surface area contributed by atoms with Gasteiger partial charge in [-0.25, -0.2) is 9.18 Å². The summed E-state index contributed by atoms with van der Waals surface area (Å²) in [5, 5.41) is 21.2. The highest BCUT2D eigenvalue weighted by atomic mass is 32.1. The predicted molar refractivity (Wildman–Crippen MR) is 71.0 cm³/mol. The molecule has 0 radical (unpaired) electrons. The molecule has 1 heterocycles. The van der Waals surface area contributed by atoms with Crippen LogP contribution in [0.5, 0.6) is 0 Å². The zero-order valence-electron chi connectivity index (χ0n) is 10.3. The number of hydrogen-bond acceptors (Lipinski definition) is 3. The van der Waals surface area contributed by atoms with Gasteiger partial charge in [-0.2, -0.15) is 0 Å². The van der Waals surface area contributed by atoms with Gasteiger partial charge in [0.05, 0.1) is 10.4 Å². The number of halogens is 1. The summed E-state index contributed by atoms with van der Waals surface area (Å²) in [5.74, 6) is -1.40. The summed E-state index contributed by atoms with van der Waals surface area (Å²) in [6.45, 7) is 1.56. The van der Waals surface area contributed by atoms with E-state index < -0.39 is 11.6 Å². The number of carboxylic acids is 1. The Morgan fingerprint density at radius 3 is 2.53 bits per heavy atom. The number of aliphatic hydroxyl groups is 1. The smallest absolute Gasteiger partial charge is 0.336 e. The molecule has 0 aliphatic carbocycles.